The Morgan fingerprint density at radius 1 is 1.43 bits per heavy atom. The Kier molecular flexibility index (Phi) is 2.41. The van der Waals surface area contributed by atoms with Gasteiger partial charge in [-0.2, -0.15) is 5.10 Å². The van der Waals surface area contributed by atoms with Crippen molar-refractivity contribution < 1.29 is 4.79 Å². The zero-order valence-electron chi connectivity index (χ0n) is 7.09. The lowest BCUT2D eigenvalue weighted by Gasteiger charge is -1.98. The number of nitrogens with zero attached hydrogens (tertiary/aromatic N) is 3. The Labute approximate surface area is 88.7 Å². The fourth-order valence-electron chi connectivity index (χ4n) is 1.05. The van der Waals surface area contributed by atoms with Crippen LogP contribution < -0.4 is 0 Å². The second kappa shape index (κ2) is 3.71. The highest BCUT2D eigenvalue weighted by Gasteiger charge is 2.00. The molecule has 0 amide bonds. The first kappa shape index (κ1) is 9.08. The maximum absolute atomic E-state index is 10.4. The van der Waals surface area contributed by atoms with Crippen molar-refractivity contribution in [2.45, 2.75) is 0 Å². The van der Waals surface area contributed by atoms with Crippen LogP contribution in [-0.2, 0) is 0 Å². The maximum Gasteiger partial charge on any atom is 0.154 e. The summed E-state index contributed by atoms with van der Waals surface area (Å²) in [5.74, 6) is 0.674. The van der Waals surface area contributed by atoms with Gasteiger partial charge >= 0.3 is 0 Å². The van der Waals surface area contributed by atoms with Crippen molar-refractivity contribution in [2.24, 2.45) is 0 Å². The lowest BCUT2D eigenvalue weighted by Crippen LogP contribution is -1.97. The van der Waals surface area contributed by atoms with E-state index >= 15 is 0 Å². The molecule has 0 radical (unpaired) electrons. The van der Waals surface area contributed by atoms with Crippen molar-refractivity contribution in [1.82, 2.24) is 14.8 Å². The van der Waals surface area contributed by atoms with Gasteiger partial charge in [0.15, 0.2) is 12.1 Å². The normalized spacial score (nSPS) is 10.1. The smallest absolute Gasteiger partial charge is 0.154 e. The molecule has 0 aliphatic rings. The van der Waals surface area contributed by atoms with Crippen LogP contribution in [0.2, 0.25) is 0 Å². The summed E-state index contributed by atoms with van der Waals surface area (Å²) in [5, 5.41) is 4.00. The Balaban J connectivity index is 2.43. The highest BCUT2D eigenvalue weighted by molar-refractivity contribution is 9.10. The van der Waals surface area contributed by atoms with E-state index < -0.39 is 0 Å². The van der Waals surface area contributed by atoms with Crippen molar-refractivity contribution in [1.29, 1.82) is 0 Å². The SMILES string of the molecule is O=Cc1cnn(-c2cccc(Br)n2)c1. The van der Waals surface area contributed by atoms with Gasteiger partial charge in [-0.15, -0.1) is 0 Å². The van der Waals surface area contributed by atoms with Gasteiger partial charge in [-0.3, -0.25) is 4.79 Å². The van der Waals surface area contributed by atoms with Crippen molar-refractivity contribution >= 4 is 22.2 Å². The predicted molar refractivity (Wildman–Crippen MR) is 54.4 cm³/mol. The molecule has 0 atom stereocenters. The van der Waals surface area contributed by atoms with Crippen LogP contribution in [0.25, 0.3) is 5.82 Å². The number of hydrogen-bond donors (Lipinski definition) is 0. The van der Waals surface area contributed by atoms with Crippen molar-refractivity contribution in [3.8, 4) is 5.82 Å². The Morgan fingerprint density at radius 3 is 2.93 bits per heavy atom. The molecule has 0 fully saturated rings. The molecule has 0 N–H and O–H groups in total. The van der Waals surface area contributed by atoms with E-state index in [9.17, 15) is 4.79 Å². The number of carbonyl (C=O) groups excluding carboxylic acids is 1. The number of carbonyl (C=O) groups is 1. The van der Waals surface area contributed by atoms with Gasteiger partial charge in [-0.05, 0) is 28.1 Å². The van der Waals surface area contributed by atoms with E-state index in [1.54, 1.807) is 10.9 Å². The summed E-state index contributed by atoms with van der Waals surface area (Å²) in [6.07, 6.45) is 3.87. The number of rotatable bonds is 2. The number of halogens is 1. The fourth-order valence-corrected chi connectivity index (χ4v) is 1.38. The van der Waals surface area contributed by atoms with Crippen LogP contribution >= 0.6 is 15.9 Å². The van der Waals surface area contributed by atoms with E-state index in [1.165, 1.54) is 6.20 Å². The summed E-state index contributed by atoms with van der Waals surface area (Å²) in [7, 11) is 0. The van der Waals surface area contributed by atoms with Crippen LogP contribution in [0.1, 0.15) is 10.4 Å². The standard InChI is InChI=1S/C9H6BrN3O/c10-8-2-1-3-9(12-8)13-5-7(6-14)4-11-13/h1-6H. The highest BCUT2D eigenvalue weighted by atomic mass is 79.9. The van der Waals surface area contributed by atoms with E-state index in [0.717, 1.165) is 10.9 Å². The van der Waals surface area contributed by atoms with Crippen LogP contribution in [0.5, 0.6) is 0 Å². The molecule has 0 unspecified atom stereocenters. The Morgan fingerprint density at radius 2 is 2.29 bits per heavy atom. The predicted octanol–water partition coefficient (Wildman–Crippen LogP) is 1.84. The second-order valence-electron chi connectivity index (χ2n) is 2.65. The number of aromatic nitrogens is 3. The largest absolute Gasteiger partial charge is 0.298 e. The third-order valence-electron chi connectivity index (χ3n) is 1.67. The molecule has 4 nitrogen and oxygen atoms in total. The summed E-state index contributed by atoms with van der Waals surface area (Å²) in [5.41, 5.74) is 0.534. The molecule has 70 valence electrons. The van der Waals surface area contributed by atoms with Crippen molar-refractivity contribution in [2.75, 3.05) is 0 Å². The molecule has 2 aromatic rings. The minimum Gasteiger partial charge on any atom is -0.298 e. The van der Waals surface area contributed by atoms with Crippen LogP contribution in [0, 0.1) is 0 Å². The van der Waals surface area contributed by atoms with E-state index in [1.807, 2.05) is 18.2 Å². The minimum absolute atomic E-state index is 0.534. The molecular weight excluding hydrogens is 246 g/mol. The Bertz CT molecular complexity index is 467. The third-order valence-corrected chi connectivity index (χ3v) is 2.12. The molecule has 14 heavy (non-hydrogen) atoms. The monoisotopic (exact) mass is 251 g/mol. The zero-order valence-corrected chi connectivity index (χ0v) is 8.68. The molecule has 2 heterocycles. The zero-order chi connectivity index (χ0) is 9.97. The van der Waals surface area contributed by atoms with Crippen molar-refractivity contribution in [3.63, 3.8) is 0 Å². The third kappa shape index (κ3) is 1.72. The van der Waals surface area contributed by atoms with Gasteiger partial charge < -0.3 is 0 Å². The topological polar surface area (TPSA) is 47.8 Å². The number of pyridine rings is 1. The van der Waals surface area contributed by atoms with Gasteiger partial charge in [0.05, 0.1) is 11.8 Å². The molecular formula is C9H6BrN3O. The van der Waals surface area contributed by atoms with Crippen molar-refractivity contribution in [3.05, 3.63) is 40.8 Å². The first-order chi connectivity index (χ1) is 6.79. The molecule has 2 aromatic heterocycles. The van der Waals surface area contributed by atoms with Gasteiger partial charge in [-0.25, -0.2) is 9.67 Å². The molecule has 0 aromatic carbocycles. The fraction of sp³-hybridized carbons (Fsp3) is 0. The van der Waals surface area contributed by atoms with E-state index in [2.05, 4.69) is 26.0 Å². The molecule has 0 saturated heterocycles. The second-order valence-corrected chi connectivity index (χ2v) is 3.47. The summed E-state index contributed by atoms with van der Waals surface area (Å²) in [6, 6.07) is 5.49. The van der Waals surface area contributed by atoms with Gasteiger partial charge in [0.2, 0.25) is 0 Å². The molecule has 0 saturated carbocycles. The molecule has 0 aliphatic carbocycles. The number of hydrogen-bond acceptors (Lipinski definition) is 3. The maximum atomic E-state index is 10.4. The first-order valence-corrected chi connectivity index (χ1v) is 4.71. The summed E-state index contributed by atoms with van der Waals surface area (Å²) < 4.78 is 2.28. The van der Waals surface area contributed by atoms with E-state index in [4.69, 9.17) is 0 Å². The van der Waals surface area contributed by atoms with Crippen LogP contribution in [0.4, 0.5) is 0 Å². The molecule has 2 rings (SSSR count). The Hall–Kier alpha value is -1.49. The van der Waals surface area contributed by atoms with Gasteiger partial charge in [-0.1, -0.05) is 6.07 Å². The highest BCUT2D eigenvalue weighted by Crippen LogP contribution is 2.09. The lowest BCUT2D eigenvalue weighted by atomic mass is 10.4. The van der Waals surface area contributed by atoms with E-state index in [-0.39, 0.29) is 0 Å². The molecule has 0 spiro atoms. The minimum atomic E-state index is 0.534. The first-order valence-electron chi connectivity index (χ1n) is 3.92. The average molecular weight is 252 g/mol. The molecule has 5 heteroatoms. The van der Waals surface area contributed by atoms with Crippen LogP contribution in [0.3, 0.4) is 0 Å². The summed E-state index contributed by atoms with van der Waals surface area (Å²) >= 11 is 3.26. The molecule has 0 bridgehead atoms. The van der Waals surface area contributed by atoms with Gasteiger partial charge in [0, 0.05) is 6.20 Å². The number of aldehydes is 1. The van der Waals surface area contributed by atoms with Crippen LogP contribution in [-0.4, -0.2) is 21.1 Å². The average Bonchev–Trinajstić information content (AvgIpc) is 2.66. The van der Waals surface area contributed by atoms with Crippen LogP contribution in [0.15, 0.2) is 35.2 Å². The quantitative estimate of drug-likeness (QED) is 0.605. The molecule has 0 aliphatic heterocycles. The van der Waals surface area contributed by atoms with Gasteiger partial charge in [0.1, 0.15) is 4.60 Å². The van der Waals surface area contributed by atoms with Gasteiger partial charge in [0.25, 0.3) is 0 Å². The van der Waals surface area contributed by atoms with E-state index in [0.29, 0.717) is 11.4 Å². The lowest BCUT2D eigenvalue weighted by molar-refractivity contribution is 0.112. The summed E-state index contributed by atoms with van der Waals surface area (Å²) in [6.45, 7) is 0. The summed E-state index contributed by atoms with van der Waals surface area (Å²) in [4.78, 5) is 14.6.